The van der Waals surface area contributed by atoms with E-state index in [9.17, 15) is 0 Å². The lowest BCUT2D eigenvalue weighted by atomic mass is 10.2. The molecule has 2 aromatic carbocycles. The first-order valence-electron chi connectivity index (χ1n) is 12.3. The molecule has 37 heavy (non-hydrogen) atoms. The smallest absolute Gasteiger partial charge is 0.203 e. The zero-order valence-corrected chi connectivity index (χ0v) is 22.9. The molecule has 0 fully saturated rings. The molecule has 0 saturated carbocycles. The largest absolute Gasteiger partial charge is 0.493 e. The summed E-state index contributed by atoms with van der Waals surface area (Å²) in [4.78, 5) is 8.95. The number of methoxy groups -OCH3 is 4. The van der Waals surface area contributed by atoms with Crippen LogP contribution in [0, 0.1) is 0 Å². The first-order chi connectivity index (χ1) is 18.0. The molecular weight excluding hydrogens is 476 g/mol. The Kier molecular flexibility index (Phi) is 10.3. The molecule has 0 bridgehead atoms. The third-order valence-electron chi connectivity index (χ3n) is 6.12. The highest BCUT2D eigenvalue weighted by Crippen LogP contribution is 2.40. The van der Waals surface area contributed by atoms with Gasteiger partial charge in [-0.2, -0.15) is 0 Å². The normalized spacial score (nSPS) is 15.5. The van der Waals surface area contributed by atoms with Gasteiger partial charge in [0.25, 0.3) is 0 Å². The maximum absolute atomic E-state index is 6.07. The molecule has 2 aromatic rings. The minimum atomic E-state index is -0.223. The molecule has 11 heteroatoms. The van der Waals surface area contributed by atoms with Crippen LogP contribution in [-0.2, 0) is 0 Å². The van der Waals surface area contributed by atoms with Gasteiger partial charge in [-0.3, -0.25) is 0 Å². The molecule has 0 radical (unpaired) electrons. The Morgan fingerprint density at radius 2 is 1.57 bits per heavy atom. The van der Waals surface area contributed by atoms with Crippen LogP contribution in [0.3, 0.4) is 0 Å². The molecule has 0 aromatic heterocycles. The molecular formula is C26H40N6O5. The summed E-state index contributed by atoms with van der Waals surface area (Å²) in [6.45, 7) is 8.21. The minimum absolute atomic E-state index is 0.223. The topological polar surface area (TPSA) is 101 Å². The Morgan fingerprint density at radius 3 is 2.16 bits per heavy atom. The summed E-state index contributed by atoms with van der Waals surface area (Å²) < 4.78 is 27.9. The third kappa shape index (κ3) is 7.23. The van der Waals surface area contributed by atoms with Crippen LogP contribution in [-0.4, -0.2) is 90.4 Å². The fraction of sp³-hybridized carbons (Fsp3) is 0.500. The average Bonchev–Trinajstić information content (AvgIpc) is 2.92. The Labute approximate surface area is 219 Å². The summed E-state index contributed by atoms with van der Waals surface area (Å²) >= 11 is 0. The van der Waals surface area contributed by atoms with E-state index in [0.29, 0.717) is 48.0 Å². The van der Waals surface area contributed by atoms with E-state index in [1.165, 1.54) is 0 Å². The highest BCUT2D eigenvalue weighted by atomic mass is 16.5. The van der Waals surface area contributed by atoms with Crippen LogP contribution in [0.25, 0.3) is 0 Å². The molecule has 3 N–H and O–H groups in total. The molecule has 1 aliphatic heterocycles. The van der Waals surface area contributed by atoms with Crippen LogP contribution in [0.15, 0.2) is 35.3 Å². The number of anilines is 2. The number of hydrogen-bond acceptors (Lipinski definition) is 11. The van der Waals surface area contributed by atoms with E-state index in [1.54, 1.807) is 28.4 Å². The molecule has 0 aliphatic carbocycles. The monoisotopic (exact) mass is 516 g/mol. The number of nitrogens with one attached hydrogen (secondary N) is 3. The summed E-state index contributed by atoms with van der Waals surface area (Å²) in [6, 6.07) is 9.48. The van der Waals surface area contributed by atoms with Crippen molar-refractivity contribution in [3.05, 3.63) is 30.3 Å². The molecule has 1 heterocycles. The van der Waals surface area contributed by atoms with Crippen molar-refractivity contribution in [1.29, 1.82) is 0 Å². The van der Waals surface area contributed by atoms with Gasteiger partial charge in [-0.05, 0) is 32.3 Å². The van der Waals surface area contributed by atoms with Crippen LogP contribution in [0.5, 0.6) is 28.7 Å². The van der Waals surface area contributed by atoms with E-state index in [-0.39, 0.29) is 6.29 Å². The molecule has 0 spiro atoms. The Bertz CT molecular complexity index is 1020. The van der Waals surface area contributed by atoms with Gasteiger partial charge >= 0.3 is 0 Å². The maximum Gasteiger partial charge on any atom is 0.203 e. The van der Waals surface area contributed by atoms with Crippen LogP contribution in [0.2, 0.25) is 0 Å². The van der Waals surface area contributed by atoms with Gasteiger partial charge in [0.05, 0.1) is 35.1 Å². The number of hydrogen-bond donors (Lipinski definition) is 3. The number of benzene rings is 2. The van der Waals surface area contributed by atoms with Gasteiger partial charge in [-0.1, -0.05) is 13.8 Å². The molecule has 1 unspecified atom stereocenters. The lowest BCUT2D eigenvalue weighted by molar-refractivity contribution is 0.217. The number of aliphatic imine (C=N–C) groups is 1. The van der Waals surface area contributed by atoms with Gasteiger partial charge in [0.15, 0.2) is 35.2 Å². The second-order valence-electron chi connectivity index (χ2n) is 8.38. The van der Waals surface area contributed by atoms with E-state index in [1.807, 2.05) is 42.3 Å². The average molecular weight is 517 g/mol. The zero-order chi connectivity index (χ0) is 26.8. The second kappa shape index (κ2) is 13.7. The van der Waals surface area contributed by atoms with Crippen LogP contribution in [0.4, 0.5) is 11.4 Å². The Morgan fingerprint density at radius 1 is 0.919 bits per heavy atom. The van der Waals surface area contributed by atoms with E-state index in [4.69, 9.17) is 23.7 Å². The molecule has 3 rings (SSSR count). The van der Waals surface area contributed by atoms with Crippen molar-refractivity contribution in [3.8, 4) is 28.7 Å². The minimum Gasteiger partial charge on any atom is -0.493 e. The van der Waals surface area contributed by atoms with Gasteiger partial charge < -0.3 is 44.5 Å². The number of likely N-dealkylation sites (N-methyl/N-ethyl adjacent to an activating group) is 1. The number of ether oxygens (including phenoxy) is 5. The summed E-state index contributed by atoms with van der Waals surface area (Å²) in [5.41, 5.74) is 1.63. The fourth-order valence-corrected chi connectivity index (χ4v) is 3.92. The van der Waals surface area contributed by atoms with Gasteiger partial charge in [0.2, 0.25) is 5.75 Å². The summed E-state index contributed by atoms with van der Waals surface area (Å²) in [5, 5.41) is 10.2. The van der Waals surface area contributed by atoms with Crippen LogP contribution >= 0.6 is 0 Å². The summed E-state index contributed by atoms with van der Waals surface area (Å²) in [5.74, 6) is 3.64. The predicted octanol–water partition coefficient (Wildman–Crippen LogP) is 3.10. The lowest BCUT2D eigenvalue weighted by Crippen LogP contribution is -2.56. The van der Waals surface area contributed by atoms with Crippen molar-refractivity contribution < 1.29 is 23.7 Å². The molecule has 1 atom stereocenters. The number of guanidine groups is 1. The van der Waals surface area contributed by atoms with Crippen molar-refractivity contribution in [3.63, 3.8) is 0 Å². The number of nitrogens with zero attached hydrogens (tertiary/aromatic N) is 3. The fourth-order valence-electron chi connectivity index (χ4n) is 3.92. The van der Waals surface area contributed by atoms with E-state index >= 15 is 0 Å². The maximum atomic E-state index is 6.07. The van der Waals surface area contributed by atoms with Crippen molar-refractivity contribution >= 4 is 17.3 Å². The first kappa shape index (κ1) is 28.0. The van der Waals surface area contributed by atoms with Crippen molar-refractivity contribution in [2.75, 3.05) is 79.0 Å². The molecule has 1 aliphatic rings. The SMILES string of the molecule is CCN(CC)CCOc1cc(NC2NC(Nc3cc(OC)c(OC)c(OC)c3)=NCN2C)ccc1OC. The molecule has 0 amide bonds. The third-order valence-corrected chi connectivity index (χ3v) is 6.12. The van der Waals surface area contributed by atoms with Gasteiger partial charge in [-0.25, -0.2) is 9.89 Å². The van der Waals surface area contributed by atoms with Crippen LogP contribution < -0.4 is 39.6 Å². The predicted molar refractivity (Wildman–Crippen MR) is 147 cm³/mol. The zero-order valence-electron chi connectivity index (χ0n) is 22.9. The molecule has 204 valence electrons. The quantitative estimate of drug-likeness (QED) is 0.368. The highest BCUT2D eigenvalue weighted by molar-refractivity contribution is 5.95. The first-order valence-corrected chi connectivity index (χ1v) is 12.3. The Hall–Kier alpha value is -3.57. The van der Waals surface area contributed by atoms with Gasteiger partial charge in [0.1, 0.15) is 6.61 Å². The standard InChI is InChI=1S/C26H40N6O5/c1-8-32(9-2)12-13-37-21-14-18(10-11-20(21)33-4)29-26-30-25(27-17-31(26)3)28-19-15-22(34-5)24(36-7)23(16-19)35-6/h10-11,14-16,26,29H,8-9,12-13,17H2,1-7H3,(H2,27,28,30). The molecule has 0 saturated heterocycles. The summed E-state index contributed by atoms with van der Waals surface area (Å²) in [7, 11) is 8.38. The molecule has 11 nitrogen and oxygen atoms in total. The Balaban J connectivity index is 1.69. The van der Waals surface area contributed by atoms with Gasteiger partial charge in [-0.15, -0.1) is 0 Å². The van der Waals surface area contributed by atoms with Gasteiger partial charge in [0, 0.05) is 36.1 Å². The van der Waals surface area contributed by atoms with Crippen molar-refractivity contribution in [2.45, 2.75) is 20.1 Å². The summed E-state index contributed by atoms with van der Waals surface area (Å²) in [6.07, 6.45) is -0.223. The second-order valence-corrected chi connectivity index (χ2v) is 8.38. The van der Waals surface area contributed by atoms with Crippen molar-refractivity contribution in [1.82, 2.24) is 15.1 Å². The lowest BCUT2D eigenvalue weighted by Gasteiger charge is -2.34. The highest BCUT2D eigenvalue weighted by Gasteiger charge is 2.22. The van der Waals surface area contributed by atoms with E-state index in [0.717, 1.165) is 31.0 Å². The number of rotatable bonds is 13. The van der Waals surface area contributed by atoms with E-state index < -0.39 is 0 Å². The van der Waals surface area contributed by atoms with Crippen LogP contribution in [0.1, 0.15) is 13.8 Å². The van der Waals surface area contributed by atoms with E-state index in [2.05, 4.69) is 39.7 Å². The van der Waals surface area contributed by atoms with Crippen molar-refractivity contribution in [2.24, 2.45) is 4.99 Å².